The zero-order valence-corrected chi connectivity index (χ0v) is 12.1. The number of amides is 2. The molecule has 2 aliphatic heterocycles. The number of carbonyl (C=O) groups excluding carboxylic acids is 2. The van der Waals surface area contributed by atoms with Crippen LogP contribution in [0.25, 0.3) is 0 Å². The van der Waals surface area contributed by atoms with Crippen molar-refractivity contribution in [3.63, 3.8) is 0 Å². The Bertz CT molecular complexity index is 558. The molecule has 2 atom stereocenters. The molecule has 2 unspecified atom stereocenters. The molecule has 0 radical (unpaired) electrons. The number of hydrogen-bond donors (Lipinski definition) is 0. The zero-order chi connectivity index (χ0) is 15.0. The van der Waals surface area contributed by atoms with Gasteiger partial charge in [0.15, 0.2) is 0 Å². The van der Waals surface area contributed by atoms with Gasteiger partial charge in [0.2, 0.25) is 11.8 Å². The topological polar surface area (TPSA) is 40.6 Å². The predicted octanol–water partition coefficient (Wildman–Crippen LogP) is 1.94. The summed E-state index contributed by atoms with van der Waals surface area (Å²) in [5.41, 5.74) is 0.849. The van der Waals surface area contributed by atoms with Crippen molar-refractivity contribution in [2.75, 3.05) is 6.54 Å². The fourth-order valence-corrected chi connectivity index (χ4v) is 3.33. The summed E-state index contributed by atoms with van der Waals surface area (Å²) in [4.78, 5) is 28.6. The minimum Gasteiger partial charge on any atom is -0.329 e. The lowest BCUT2D eigenvalue weighted by atomic mass is 10.0. The van der Waals surface area contributed by atoms with Gasteiger partial charge >= 0.3 is 0 Å². The van der Waals surface area contributed by atoms with E-state index in [0.29, 0.717) is 19.5 Å². The van der Waals surface area contributed by atoms with E-state index < -0.39 is 6.04 Å². The number of hydrogen-bond acceptors (Lipinski definition) is 2. The van der Waals surface area contributed by atoms with Crippen molar-refractivity contribution in [1.82, 2.24) is 9.80 Å². The molecular formula is C16H19FN2O2. The van der Waals surface area contributed by atoms with E-state index in [1.807, 2.05) is 6.92 Å². The number of fused-ring (bicyclic) bond motifs is 1. The van der Waals surface area contributed by atoms with E-state index in [1.165, 1.54) is 12.1 Å². The molecule has 2 saturated heterocycles. The molecule has 1 aromatic rings. The van der Waals surface area contributed by atoms with Gasteiger partial charge in [-0.3, -0.25) is 9.59 Å². The molecule has 0 spiro atoms. The van der Waals surface area contributed by atoms with Crippen LogP contribution in [0.2, 0.25) is 0 Å². The summed E-state index contributed by atoms with van der Waals surface area (Å²) in [6.07, 6.45) is 2.25. The Hall–Kier alpha value is -1.91. The summed E-state index contributed by atoms with van der Waals surface area (Å²) >= 11 is 0. The molecule has 5 heteroatoms. The average molecular weight is 290 g/mol. The molecule has 2 fully saturated rings. The lowest BCUT2D eigenvalue weighted by Crippen LogP contribution is -2.62. The fourth-order valence-electron chi connectivity index (χ4n) is 3.33. The van der Waals surface area contributed by atoms with E-state index in [9.17, 15) is 14.0 Å². The molecule has 2 aliphatic rings. The summed E-state index contributed by atoms with van der Waals surface area (Å²) in [6.45, 7) is 2.98. The molecule has 0 aromatic heterocycles. The highest BCUT2D eigenvalue weighted by Crippen LogP contribution is 2.29. The molecule has 0 aliphatic carbocycles. The maximum absolute atomic E-state index is 13.0. The second kappa shape index (κ2) is 5.47. The fraction of sp³-hybridized carbons (Fsp3) is 0.500. The first-order valence-corrected chi connectivity index (χ1v) is 7.47. The van der Waals surface area contributed by atoms with Crippen LogP contribution in [0.1, 0.15) is 31.7 Å². The van der Waals surface area contributed by atoms with Gasteiger partial charge in [0.1, 0.15) is 17.9 Å². The smallest absolute Gasteiger partial charge is 0.246 e. The highest BCUT2D eigenvalue weighted by atomic mass is 19.1. The molecule has 0 bridgehead atoms. The molecule has 4 nitrogen and oxygen atoms in total. The number of carbonyl (C=O) groups is 2. The Balaban J connectivity index is 1.85. The number of piperazine rings is 1. The van der Waals surface area contributed by atoms with Gasteiger partial charge in [-0.2, -0.15) is 0 Å². The first-order chi connectivity index (χ1) is 10.1. The monoisotopic (exact) mass is 290 g/mol. The van der Waals surface area contributed by atoms with Gasteiger partial charge in [-0.1, -0.05) is 19.1 Å². The third kappa shape index (κ3) is 2.41. The van der Waals surface area contributed by atoms with Crippen molar-refractivity contribution in [3.8, 4) is 0 Å². The SMILES string of the molecule is CCC1C(=O)N2CCCC2C(=O)N1Cc1ccc(F)cc1. The van der Waals surface area contributed by atoms with Gasteiger partial charge in [0.05, 0.1) is 0 Å². The van der Waals surface area contributed by atoms with E-state index in [2.05, 4.69) is 0 Å². The minimum atomic E-state index is -0.392. The van der Waals surface area contributed by atoms with Gasteiger partial charge in [-0.25, -0.2) is 4.39 Å². The van der Waals surface area contributed by atoms with E-state index >= 15 is 0 Å². The summed E-state index contributed by atoms with van der Waals surface area (Å²) < 4.78 is 13.0. The largest absolute Gasteiger partial charge is 0.329 e. The van der Waals surface area contributed by atoms with Crippen LogP contribution >= 0.6 is 0 Å². The maximum Gasteiger partial charge on any atom is 0.246 e. The molecule has 2 amide bonds. The van der Waals surface area contributed by atoms with Gasteiger partial charge < -0.3 is 9.80 Å². The Kier molecular flexibility index (Phi) is 3.66. The average Bonchev–Trinajstić information content (AvgIpc) is 2.97. The number of benzene rings is 1. The van der Waals surface area contributed by atoms with E-state index in [0.717, 1.165) is 18.4 Å². The summed E-state index contributed by atoms with van der Waals surface area (Å²) in [5.74, 6) is -0.209. The van der Waals surface area contributed by atoms with Crippen molar-refractivity contribution < 1.29 is 14.0 Å². The molecule has 3 rings (SSSR count). The molecular weight excluding hydrogens is 271 g/mol. The first kappa shape index (κ1) is 14.0. The molecule has 2 heterocycles. The van der Waals surface area contributed by atoms with Crippen LogP contribution in [0, 0.1) is 5.82 Å². The lowest BCUT2D eigenvalue weighted by molar-refractivity contribution is -0.160. The van der Waals surface area contributed by atoms with Crippen LogP contribution in [-0.4, -0.2) is 40.2 Å². The second-order valence-corrected chi connectivity index (χ2v) is 5.71. The van der Waals surface area contributed by atoms with Crippen LogP contribution in [0.15, 0.2) is 24.3 Å². The van der Waals surface area contributed by atoms with Crippen LogP contribution in [-0.2, 0) is 16.1 Å². The predicted molar refractivity (Wildman–Crippen MR) is 75.8 cm³/mol. The third-order valence-electron chi connectivity index (χ3n) is 4.42. The molecule has 21 heavy (non-hydrogen) atoms. The minimum absolute atomic E-state index is 0.0308. The highest BCUT2D eigenvalue weighted by molar-refractivity contribution is 5.97. The third-order valence-corrected chi connectivity index (χ3v) is 4.42. The number of halogens is 1. The summed E-state index contributed by atoms with van der Waals surface area (Å²) in [6, 6.07) is 5.42. The standard InChI is InChI=1S/C16H19FN2O2/c1-2-13-15(20)18-9-3-4-14(18)16(21)19(13)10-11-5-7-12(17)8-6-11/h5-8,13-14H,2-4,9-10H2,1H3. The van der Waals surface area contributed by atoms with Gasteiger partial charge in [0, 0.05) is 13.1 Å². The van der Waals surface area contributed by atoms with Gasteiger partial charge in [0.25, 0.3) is 0 Å². The van der Waals surface area contributed by atoms with Crippen LogP contribution in [0.3, 0.4) is 0 Å². The van der Waals surface area contributed by atoms with Crippen molar-refractivity contribution in [3.05, 3.63) is 35.6 Å². The van der Waals surface area contributed by atoms with Crippen molar-refractivity contribution in [1.29, 1.82) is 0 Å². The van der Waals surface area contributed by atoms with Crippen LogP contribution in [0.5, 0.6) is 0 Å². The normalized spacial score (nSPS) is 25.4. The Morgan fingerprint density at radius 2 is 1.90 bits per heavy atom. The Labute approximate surface area is 123 Å². The lowest BCUT2D eigenvalue weighted by Gasteiger charge is -2.42. The van der Waals surface area contributed by atoms with Crippen molar-refractivity contribution in [2.24, 2.45) is 0 Å². The second-order valence-electron chi connectivity index (χ2n) is 5.71. The zero-order valence-electron chi connectivity index (χ0n) is 12.1. The van der Waals surface area contributed by atoms with Crippen LogP contribution in [0.4, 0.5) is 4.39 Å². The molecule has 0 N–H and O–H groups in total. The summed E-state index contributed by atoms with van der Waals surface area (Å²) in [7, 11) is 0. The van der Waals surface area contributed by atoms with Gasteiger partial charge in [-0.15, -0.1) is 0 Å². The van der Waals surface area contributed by atoms with Crippen molar-refractivity contribution >= 4 is 11.8 Å². The molecule has 1 aromatic carbocycles. The molecule has 0 saturated carbocycles. The maximum atomic E-state index is 13.0. The summed E-state index contributed by atoms with van der Waals surface area (Å²) in [5, 5.41) is 0. The first-order valence-electron chi connectivity index (χ1n) is 7.47. The molecule has 112 valence electrons. The Morgan fingerprint density at radius 1 is 1.19 bits per heavy atom. The van der Waals surface area contributed by atoms with E-state index in [-0.39, 0.29) is 23.7 Å². The number of rotatable bonds is 3. The van der Waals surface area contributed by atoms with E-state index in [4.69, 9.17) is 0 Å². The quantitative estimate of drug-likeness (QED) is 0.853. The highest BCUT2D eigenvalue weighted by Gasteiger charge is 2.46. The Morgan fingerprint density at radius 3 is 2.57 bits per heavy atom. The van der Waals surface area contributed by atoms with Crippen molar-refractivity contribution in [2.45, 2.75) is 44.8 Å². The van der Waals surface area contributed by atoms with E-state index in [1.54, 1.807) is 21.9 Å². The van der Waals surface area contributed by atoms with Crippen LogP contribution < -0.4 is 0 Å². The van der Waals surface area contributed by atoms with Gasteiger partial charge in [-0.05, 0) is 37.0 Å². The number of nitrogens with zero attached hydrogens (tertiary/aromatic N) is 2.